The first-order chi connectivity index (χ1) is 11.7. The lowest BCUT2D eigenvalue weighted by atomic mass is 10.3. The van der Waals surface area contributed by atoms with E-state index in [0.717, 1.165) is 33.7 Å². The van der Waals surface area contributed by atoms with Gasteiger partial charge in [-0.05, 0) is 31.2 Å². The van der Waals surface area contributed by atoms with Gasteiger partial charge in [-0.3, -0.25) is 4.79 Å². The number of allylic oxidation sites excluding steroid dienone is 1. The van der Waals surface area contributed by atoms with E-state index in [-0.39, 0.29) is 5.91 Å². The van der Waals surface area contributed by atoms with Gasteiger partial charge in [-0.15, -0.1) is 28.5 Å². The number of aromatic nitrogens is 3. The van der Waals surface area contributed by atoms with Crippen LogP contribution < -0.4 is 5.32 Å². The quantitative estimate of drug-likeness (QED) is 0.539. The largest absolute Gasteiger partial charge is 0.324 e. The molecule has 1 aromatic heterocycles. The Morgan fingerprint density at radius 1 is 1.33 bits per heavy atom. The predicted molar refractivity (Wildman–Crippen MR) is 102 cm³/mol. The van der Waals surface area contributed by atoms with Crippen molar-refractivity contribution in [3.05, 3.63) is 42.7 Å². The zero-order valence-corrected chi connectivity index (χ0v) is 15.6. The zero-order valence-electron chi connectivity index (χ0n) is 14.0. The number of carbonyl (C=O) groups excluding carboxylic acids is 1. The Kier molecular flexibility index (Phi) is 7.39. The molecule has 2 aromatic rings. The van der Waals surface area contributed by atoms with Gasteiger partial charge in [0.2, 0.25) is 5.91 Å². The summed E-state index contributed by atoms with van der Waals surface area (Å²) in [5.41, 5.74) is 0.866. The number of benzene rings is 1. The van der Waals surface area contributed by atoms with Crippen LogP contribution in [0.15, 0.2) is 47.0 Å². The van der Waals surface area contributed by atoms with Gasteiger partial charge in [0.1, 0.15) is 5.82 Å². The Morgan fingerprint density at radius 2 is 2.12 bits per heavy atom. The summed E-state index contributed by atoms with van der Waals surface area (Å²) >= 11 is 3.14. The van der Waals surface area contributed by atoms with Crippen LogP contribution in [-0.4, -0.2) is 32.2 Å². The fraction of sp³-hybridized carbons (Fsp3) is 0.353. The van der Waals surface area contributed by atoms with Crippen LogP contribution in [0.3, 0.4) is 0 Å². The average molecular weight is 363 g/mol. The summed E-state index contributed by atoms with van der Waals surface area (Å²) in [4.78, 5) is 13.4. The molecule has 0 fully saturated rings. The van der Waals surface area contributed by atoms with E-state index in [2.05, 4.69) is 29.0 Å². The second-order valence-electron chi connectivity index (χ2n) is 5.11. The highest BCUT2D eigenvalue weighted by Crippen LogP contribution is 2.27. The molecule has 1 N–H and O–H groups in total. The average Bonchev–Trinajstić information content (AvgIpc) is 2.93. The Bertz CT molecular complexity index is 700. The molecule has 0 aliphatic heterocycles. The lowest BCUT2D eigenvalue weighted by Gasteiger charge is -2.10. The molecule has 0 saturated heterocycles. The number of nitrogens with zero attached hydrogens (tertiary/aromatic N) is 3. The van der Waals surface area contributed by atoms with E-state index in [1.807, 2.05) is 35.8 Å². The van der Waals surface area contributed by atoms with Crippen molar-refractivity contribution in [3.63, 3.8) is 0 Å². The number of rotatable bonds is 9. The first-order valence-corrected chi connectivity index (χ1v) is 9.78. The van der Waals surface area contributed by atoms with Crippen LogP contribution in [0.2, 0.25) is 0 Å². The highest BCUT2D eigenvalue weighted by molar-refractivity contribution is 8.00. The van der Waals surface area contributed by atoms with E-state index >= 15 is 0 Å². The molecule has 0 aliphatic rings. The van der Waals surface area contributed by atoms with E-state index in [0.29, 0.717) is 12.3 Å². The van der Waals surface area contributed by atoms with Crippen molar-refractivity contribution >= 4 is 35.1 Å². The summed E-state index contributed by atoms with van der Waals surface area (Å²) in [6, 6.07) is 7.89. The molecule has 0 atom stereocenters. The number of thioether (sulfide) groups is 2. The molecule has 1 aromatic carbocycles. The summed E-state index contributed by atoms with van der Waals surface area (Å²) in [6.07, 6.45) is 2.89. The Balaban J connectivity index is 1.96. The van der Waals surface area contributed by atoms with Gasteiger partial charge in [0.05, 0.1) is 11.4 Å². The van der Waals surface area contributed by atoms with Crippen molar-refractivity contribution < 1.29 is 4.79 Å². The number of hydrogen-bond acceptors (Lipinski definition) is 5. The third-order valence-corrected chi connectivity index (χ3v) is 5.41. The van der Waals surface area contributed by atoms with Crippen LogP contribution in [0, 0.1) is 6.92 Å². The number of para-hydroxylation sites is 1. The number of aryl methyl sites for hydroxylation is 1. The van der Waals surface area contributed by atoms with Gasteiger partial charge in [-0.25, -0.2) is 0 Å². The number of nitrogens with one attached hydrogen (secondary N) is 1. The summed E-state index contributed by atoms with van der Waals surface area (Å²) in [5, 5.41) is 11.9. The summed E-state index contributed by atoms with van der Waals surface area (Å²) in [6.45, 7) is 8.41. The molecule has 0 unspecified atom stereocenters. The molecule has 128 valence electrons. The predicted octanol–water partition coefficient (Wildman–Crippen LogP) is 4.01. The molecular weight excluding hydrogens is 340 g/mol. The molecule has 5 nitrogen and oxygen atoms in total. The van der Waals surface area contributed by atoms with Gasteiger partial charge in [0.25, 0.3) is 0 Å². The lowest BCUT2D eigenvalue weighted by Crippen LogP contribution is -2.15. The maximum atomic E-state index is 12.3. The Labute approximate surface area is 151 Å². The van der Waals surface area contributed by atoms with Crippen LogP contribution in [0.5, 0.6) is 0 Å². The standard InChI is InChI=1S/C17H22N4OS2/c1-4-10-21-13(3)19-20-17(21)24-12-16(22)18-14-8-6-7-9-15(14)23-11-5-2/h4,6-9H,1,5,10-12H2,2-3H3,(H,18,22). The molecule has 0 spiro atoms. The normalized spacial score (nSPS) is 10.6. The van der Waals surface area contributed by atoms with Crippen LogP contribution in [-0.2, 0) is 11.3 Å². The minimum Gasteiger partial charge on any atom is -0.324 e. The highest BCUT2D eigenvalue weighted by atomic mass is 32.2. The molecule has 0 bridgehead atoms. The molecule has 1 heterocycles. The second kappa shape index (κ2) is 9.54. The first-order valence-electron chi connectivity index (χ1n) is 7.80. The maximum absolute atomic E-state index is 12.3. The molecule has 0 aliphatic carbocycles. The summed E-state index contributed by atoms with van der Waals surface area (Å²) in [5.74, 6) is 2.10. The number of anilines is 1. The van der Waals surface area contributed by atoms with Crippen LogP contribution in [0.1, 0.15) is 19.2 Å². The SMILES string of the molecule is C=CCn1c(C)nnc1SCC(=O)Nc1ccccc1SCCC. The van der Waals surface area contributed by atoms with Crippen molar-refractivity contribution in [2.45, 2.75) is 36.9 Å². The monoisotopic (exact) mass is 362 g/mol. The molecular formula is C17H22N4OS2. The van der Waals surface area contributed by atoms with Crippen molar-refractivity contribution in [1.82, 2.24) is 14.8 Å². The molecule has 0 radical (unpaired) electrons. The first kappa shape index (κ1) is 18.6. The minimum absolute atomic E-state index is 0.0460. The van der Waals surface area contributed by atoms with Gasteiger partial charge >= 0.3 is 0 Å². The van der Waals surface area contributed by atoms with E-state index in [4.69, 9.17) is 0 Å². The molecule has 7 heteroatoms. The summed E-state index contributed by atoms with van der Waals surface area (Å²) < 4.78 is 1.94. The Morgan fingerprint density at radius 3 is 2.88 bits per heavy atom. The highest BCUT2D eigenvalue weighted by Gasteiger charge is 2.12. The van der Waals surface area contributed by atoms with Crippen molar-refractivity contribution in [2.24, 2.45) is 0 Å². The van der Waals surface area contributed by atoms with Gasteiger partial charge in [0.15, 0.2) is 5.16 Å². The third-order valence-electron chi connectivity index (χ3n) is 3.17. The smallest absolute Gasteiger partial charge is 0.234 e. The van der Waals surface area contributed by atoms with E-state index in [1.165, 1.54) is 11.8 Å². The third kappa shape index (κ3) is 5.14. The minimum atomic E-state index is -0.0460. The van der Waals surface area contributed by atoms with Crippen molar-refractivity contribution in [3.8, 4) is 0 Å². The van der Waals surface area contributed by atoms with Crippen LogP contribution in [0.4, 0.5) is 5.69 Å². The van der Waals surface area contributed by atoms with E-state index in [1.54, 1.807) is 17.8 Å². The molecule has 24 heavy (non-hydrogen) atoms. The fourth-order valence-electron chi connectivity index (χ4n) is 2.03. The van der Waals surface area contributed by atoms with Crippen LogP contribution in [0.25, 0.3) is 0 Å². The number of carbonyl (C=O) groups is 1. The fourth-order valence-corrected chi connectivity index (χ4v) is 3.70. The topological polar surface area (TPSA) is 59.8 Å². The van der Waals surface area contributed by atoms with Crippen molar-refractivity contribution in [2.75, 3.05) is 16.8 Å². The van der Waals surface area contributed by atoms with Gasteiger partial charge in [-0.1, -0.05) is 36.9 Å². The zero-order chi connectivity index (χ0) is 17.4. The van der Waals surface area contributed by atoms with Gasteiger partial charge < -0.3 is 9.88 Å². The molecule has 1 amide bonds. The van der Waals surface area contributed by atoms with Gasteiger partial charge in [-0.2, -0.15) is 0 Å². The van der Waals surface area contributed by atoms with Crippen LogP contribution >= 0.6 is 23.5 Å². The number of hydrogen-bond donors (Lipinski definition) is 1. The Hall–Kier alpha value is -1.73. The second-order valence-corrected chi connectivity index (χ2v) is 7.19. The lowest BCUT2D eigenvalue weighted by molar-refractivity contribution is -0.113. The summed E-state index contributed by atoms with van der Waals surface area (Å²) in [7, 11) is 0. The molecule has 0 saturated carbocycles. The van der Waals surface area contributed by atoms with Crippen molar-refractivity contribution in [1.29, 1.82) is 0 Å². The number of amides is 1. The van der Waals surface area contributed by atoms with Gasteiger partial charge in [0, 0.05) is 11.4 Å². The van der Waals surface area contributed by atoms with E-state index in [9.17, 15) is 4.79 Å². The molecule has 2 rings (SSSR count). The van der Waals surface area contributed by atoms with E-state index < -0.39 is 0 Å². The maximum Gasteiger partial charge on any atom is 0.234 e.